The van der Waals surface area contributed by atoms with E-state index in [0.717, 1.165) is 17.7 Å². The molecule has 5 nitrogen and oxygen atoms in total. The van der Waals surface area contributed by atoms with Crippen LogP contribution in [-0.2, 0) is 11.3 Å². The maximum atomic E-state index is 12.6. The second-order valence-electron chi connectivity index (χ2n) is 5.34. The molecule has 2 rings (SSSR count). The van der Waals surface area contributed by atoms with Crippen molar-refractivity contribution in [2.75, 3.05) is 6.54 Å². The van der Waals surface area contributed by atoms with Crippen molar-refractivity contribution in [2.24, 2.45) is 0 Å². The van der Waals surface area contributed by atoms with Gasteiger partial charge in [-0.3, -0.25) is 4.79 Å². The first-order valence-electron chi connectivity index (χ1n) is 6.80. The van der Waals surface area contributed by atoms with Gasteiger partial charge in [0.15, 0.2) is 0 Å². The molecule has 1 aromatic heterocycles. The molecule has 0 unspecified atom stereocenters. The van der Waals surface area contributed by atoms with Gasteiger partial charge in [0, 0.05) is 17.0 Å². The minimum Gasteiger partial charge on any atom is -0.480 e. The van der Waals surface area contributed by atoms with Gasteiger partial charge in [-0.05, 0) is 38.1 Å². The van der Waals surface area contributed by atoms with E-state index in [-0.39, 0.29) is 24.7 Å². The lowest BCUT2D eigenvalue weighted by Crippen LogP contribution is -2.49. The highest BCUT2D eigenvalue weighted by Gasteiger charge is 2.36. The molecule has 0 spiro atoms. The fourth-order valence-electron chi connectivity index (χ4n) is 2.09. The first-order valence-corrected chi connectivity index (χ1v) is 7.68. The van der Waals surface area contributed by atoms with Crippen LogP contribution in [-0.4, -0.2) is 45.5 Å². The van der Waals surface area contributed by atoms with Crippen molar-refractivity contribution in [3.8, 4) is 0 Å². The Morgan fingerprint density at radius 1 is 1.45 bits per heavy atom. The average molecular weight is 296 g/mol. The van der Waals surface area contributed by atoms with Gasteiger partial charge in [-0.1, -0.05) is 6.07 Å². The molecule has 1 saturated carbocycles. The number of urea groups is 1. The predicted octanol–water partition coefficient (Wildman–Crippen LogP) is 2.63. The summed E-state index contributed by atoms with van der Waals surface area (Å²) < 4.78 is 0. The SMILES string of the molecule is CC(C)N(CC(=O)O)C(=O)N(Cc1cccs1)C1CC1. The van der Waals surface area contributed by atoms with E-state index < -0.39 is 5.97 Å². The van der Waals surface area contributed by atoms with Crippen LogP contribution in [0.1, 0.15) is 31.6 Å². The van der Waals surface area contributed by atoms with Crippen LogP contribution in [0.2, 0.25) is 0 Å². The van der Waals surface area contributed by atoms with Gasteiger partial charge in [-0.25, -0.2) is 4.79 Å². The Morgan fingerprint density at radius 2 is 2.15 bits per heavy atom. The Labute approximate surface area is 122 Å². The highest BCUT2D eigenvalue weighted by atomic mass is 32.1. The van der Waals surface area contributed by atoms with Crippen molar-refractivity contribution < 1.29 is 14.7 Å². The van der Waals surface area contributed by atoms with Crippen LogP contribution in [0, 0.1) is 0 Å². The van der Waals surface area contributed by atoms with Crippen molar-refractivity contribution >= 4 is 23.3 Å². The Kier molecular flexibility index (Phi) is 4.65. The summed E-state index contributed by atoms with van der Waals surface area (Å²) in [6.07, 6.45) is 2.02. The van der Waals surface area contributed by atoms with Crippen LogP contribution in [0.4, 0.5) is 4.79 Å². The summed E-state index contributed by atoms with van der Waals surface area (Å²) in [6.45, 7) is 4.02. The first-order chi connectivity index (χ1) is 9.49. The number of amides is 2. The highest BCUT2D eigenvalue weighted by Crippen LogP contribution is 2.30. The number of carboxylic acids is 1. The molecule has 1 heterocycles. The van der Waals surface area contributed by atoms with E-state index in [1.54, 1.807) is 11.3 Å². The second kappa shape index (κ2) is 6.26. The number of hydrogen-bond acceptors (Lipinski definition) is 3. The summed E-state index contributed by atoms with van der Waals surface area (Å²) in [4.78, 5) is 27.9. The summed E-state index contributed by atoms with van der Waals surface area (Å²) in [5.74, 6) is -0.973. The highest BCUT2D eigenvalue weighted by molar-refractivity contribution is 7.09. The van der Waals surface area contributed by atoms with E-state index in [2.05, 4.69) is 0 Å². The third-order valence-electron chi connectivity index (χ3n) is 3.31. The molecule has 0 radical (unpaired) electrons. The van der Waals surface area contributed by atoms with E-state index in [1.165, 1.54) is 4.90 Å². The van der Waals surface area contributed by atoms with Crippen LogP contribution < -0.4 is 0 Å². The van der Waals surface area contributed by atoms with Crippen molar-refractivity contribution in [1.82, 2.24) is 9.80 Å². The molecule has 2 amide bonds. The van der Waals surface area contributed by atoms with Gasteiger partial charge in [0.05, 0.1) is 6.54 Å². The lowest BCUT2D eigenvalue weighted by Gasteiger charge is -2.32. The third-order valence-corrected chi connectivity index (χ3v) is 4.18. The van der Waals surface area contributed by atoms with Crippen LogP contribution in [0.25, 0.3) is 0 Å². The fraction of sp³-hybridized carbons (Fsp3) is 0.571. The Morgan fingerprint density at radius 3 is 2.60 bits per heavy atom. The quantitative estimate of drug-likeness (QED) is 0.878. The topological polar surface area (TPSA) is 60.9 Å². The second-order valence-corrected chi connectivity index (χ2v) is 6.37. The van der Waals surface area contributed by atoms with E-state index in [9.17, 15) is 9.59 Å². The molecule has 6 heteroatoms. The average Bonchev–Trinajstić information content (AvgIpc) is 3.09. The maximum absolute atomic E-state index is 12.6. The summed E-state index contributed by atoms with van der Waals surface area (Å²) in [5.41, 5.74) is 0. The summed E-state index contributed by atoms with van der Waals surface area (Å²) >= 11 is 1.62. The Balaban J connectivity index is 2.10. The molecular formula is C14H20N2O3S. The molecule has 1 aliphatic rings. The van der Waals surface area contributed by atoms with Crippen molar-refractivity contribution in [2.45, 2.75) is 45.3 Å². The normalized spacial score (nSPS) is 14.3. The molecule has 1 N–H and O–H groups in total. The van der Waals surface area contributed by atoms with Gasteiger partial charge in [-0.15, -0.1) is 11.3 Å². The first kappa shape index (κ1) is 14.8. The van der Waals surface area contributed by atoms with Gasteiger partial charge in [0.25, 0.3) is 0 Å². The molecule has 20 heavy (non-hydrogen) atoms. The van der Waals surface area contributed by atoms with E-state index in [4.69, 9.17) is 5.11 Å². The number of carboxylic acid groups (broad SMARTS) is 1. The van der Waals surface area contributed by atoms with E-state index >= 15 is 0 Å². The van der Waals surface area contributed by atoms with Crippen LogP contribution >= 0.6 is 11.3 Å². The Bertz CT molecular complexity index is 469. The molecule has 0 aromatic carbocycles. The number of carbonyl (C=O) groups is 2. The van der Waals surface area contributed by atoms with Crippen molar-refractivity contribution in [3.05, 3.63) is 22.4 Å². The number of hydrogen-bond donors (Lipinski definition) is 1. The van der Waals surface area contributed by atoms with Gasteiger partial charge >= 0.3 is 12.0 Å². The lowest BCUT2D eigenvalue weighted by atomic mass is 10.3. The third kappa shape index (κ3) is 3.72. The van der Waals surface area contributed by atoms with Crippen LogP contribution in [0.15, 0.2) is 17.5 Å². The molecule has 0 aliphatic heterocycles. The molecule has 0 saturated heterocycles. The molecule has 1 fully saturated rings. The molecule has 1 aromatic rings. The van der Waals surface area contributed by atoms with Gasteiger partial charge in [-0.2, -0.15) is 0 Å². The zero-order valence-electron chi connectivity index (χ0n) is 11.8. The zero-order chi connectivity index (χ0) is 14.7. The molecule has 110 valence electrons. The summed E-state index contributed by atoms with van der Waals surface area (Å²) in [6, 6.07) is 3.94. The summed E-state index contributed by atoms with van der Waals surface area (Å²) in [5, 5.41) is 11.0. The van der Waals surface area contributed by atoms with Gasteiger partial charge in [0.2, 0.25) is 0 Å². The van der Waals surface area contributed by atoms with E-state index in [0.29, 0.717) is 6.54 Å². The van der Waals surface area contributed by atoms with Crippen molar-refractivity contribution in [3.63, 3.8) is 0 Å². The predicted molar refractivity (Wildman–Crippen MR) is 77.8 cm³/mol. The number of nitrogens with zero attached hydrogens (tertiary/aromatic N) is 2. The van der Waals surface area contributed by atoms with E-state index in [1.807, 2.05) is 36.3 Å². The molecule has 0 atom stereocenters. The number of carbonyl (C=O) groups excluding carboxylic acids is 1. The minimum absolute atomic E-state index is 0.122. The van der Waals surface area contributed by atoms with Crippen LogP contribution in [0.3, 0.4) is 0 Å². The van der Waals surface area contributed by atoms with Gasteiger partial charge in [0.1, 0.15) is 6.54 Å². The fourth-order valence-corrected chi connectivity index (χ4v) is 2.79. The smallest absolute Gasteiger partial charge is 0.323 e. The largest absolute Gasteiger partial charge is 0.480 e. The monoisotopic (exact) mass is 296 g/mol. The number of aliphatic carboxylic acids is 1. The molecule has 1 aliphatic carbocycles. The summed E-state index contributed by atoms with van der Waals surface area (Å²) in [7, 11) is 0. The maximum Gasteiger partial charge on any atom is 0.323 e. The van der Waals surface area contributed by atoms with Gasteiger partial charge < -0.3 is 14.9 Å². The lowest BCUT2D eigenvalue weighted by molar-refractivity contribution is -0.138. The molecule has 0 bridgehead atoms. The standard InChI is InChI=1S/C14H20N2O3S/c1-10(2)15(9-13(17)18)14(19)16(11-5-6-11)8-12-4-3-7-20-12/h3-4,7,10-11H,5-6,8-9H2,1-2H3,(H,17,18). The minimum atomic E-state index is -0.973. The van der Waals surface area contributed by atoms with Crippen molar-refractivity contribution in [1.29, 1.82) is 0 Å². The Hall–Kier alpha value is -1.56. The number of thiophene rings is 1. The number of rotatable bonds is 6. The van der Waals surface area contributed by atoms with Crippen LogP contribution in [0.5, 0.6) is 0 Å². The molecular weight excluding hydrogens is 276 g/mol. The zero-order valence-corrected chi connectivity index (χ0v) is 12.6.